The van der Waals surface area contributed by atoms with Gasteiger partial charge in [-0.1, -0.05) is 36.4 Å². The molecule has 1 atom stereocenters. The molecule has 4 rings (SSSR count). The molecule has 0 aliphatic rings. The van der Waals surface area contributed by atoms with Gasteiger partial charge in [0.25, 0.3) is 5.91 Å². The van der Waals surface area contributed by atoms with Crippen molar-refractivity contribution in [3.05, 3.63) is 90.1 Å². The Balaban J connectivity index is 1.64. The number of amides is 1. The molecule has 0 saturated heterocycles. The van der Waals surface area contributed by atoms with Gasteiger partial charge in [0.05, 0.1) is 11.1 Å². The Hall–Kier alpha value is -3.89. The third-order valence-corrected chi connectivity index (χ3v) is 6.62. The molecule has 2 heterocycles. The van der Waals surface area contributed by atoms with Gasteiger partial charge in [-0.3, -0.25) is 4.79 Å². The highest BCUT2D eigenvalue weighted by atomic mass is 127. The first kappa shape index (κ1) is 26.2. The summed E-state index contributed by atoms with van der Waals surface area (Å²) in [6.07, 6.45) is 6.28. The predicted octanol–water partition coefficient (Wildman–Crippen LogP) is 6.22. The Morgan fingerprint density at radius 1 is 1.03 bits per heavy atom. The van der Waals surface area contributed by atoms with E-state index in [1.54, 1.807) is 29.8 Å². The van der Waals surface area contributed by atoms with E-state index >= 15 is 0 Å². The van der Waals surface area contributed by atoms with E-state index in [1.807, 2.05) is 60.8 Å². The summed E-state index contributed by atoms with van der Waals surface area (Å²) in [5.74, 6) is 1.17. The highest BCUT2D eigenvalue weighted by molar-refractivity contribution is 14.2. The number of aromatic nitrogens is 3. The van der Waals surface area contributed by atoms with E-state index in [2.05, 4.69) is 42.7 Å². The van der Waals surface area contributed by atoms with Crippen molar-refractivity contribution < 1.29 is 4.79 Å². The van der Waals surface area contributed by atoms with E-state index < -0.39 is 5.91 Å². The van der Waals surface area contributed by atoms with E-state index in [0.717, 1.165) is 33.9 Å². The third kappa shape index (κ3) is 6.10. The van der Waals surface area contributed by atoms with Crippen LogP contribution >= 0.6 is 28.4 Å². The second-order valence-corrected chi connectivity index (χ2v) is 9.78. The number of pyridine rings is 1. The minimum Gasteiger partial charge on any atom is -0.364 e. The smallest absolute Gasteiger partial charge is 0.258 e. The molecule has 0 spiro atoms. The Morgan fingerprint density at radius 3 is 2.51 bits per heavy atom. The van der Waals surface area contributed by atoms with Crippen molar-refractivity contribution in [1.82, 2.24) is 19.9 Å². The number of para-hydroxylation sites is 1. The molecular weight excluding hydrogens is 598 g/mol. The van der Waals surface area contributed by atoms with Crippen LogP contribution in [0, 0.1) is 10.8 Å². The molecule has 37 heavy (non-hydrogen) atoms. The number of rotatable bonds is 10. The summed E-state index contributed by atoms with van der Waals surface area (Å²) in [7, 11) is 0. The first-order chi connectivity index (χ1) is 18.1. The van der Waals surface area contributed by atoms with Crippen molar-refractivity contribution in [2.75, 3.05) is 10.6 Å². The van der Waals surface area contributed by atoms with Gasteiger partial charge < -0.3 is 26.5 Å². The van der Waals surface area contributed by atoms with E-state index in [9.17, 15) is 4.79 Å². The second kappa shape index (κ2) is 12.4. The monoisotopic (exact) mass is 622 g/mol. The quantitative estimate of drug-likeness (QED) is 0.0620. The summed E-state index contributed by atoms with van der Waals surface area (Å²) in [6, 6.07) is 20.9. The number of carbonyl (C=O) groups excluding carboxylic acids is 1. The molecule has 0 bridgehead atoms. The molecule has 1 unspecified atom stereocenters. The number of carbonyl (C=O) groups is 1. The first-order valence-electron chi connectivity index (χ1n) is 11.2. The number of anilines is 3. The summed E-state index contributed by atoms with van der Waals surface area (Å²) >= 11 is 2.24. The number of hydrogen-bond donors (Lipinski definition) is 5. The molecule has 0 saturated carbocycles. The number of nitrogens with zero attached hydrogens (tertiary/aromatic N) is 3. The van der Waals surface area contributed by atoms with Gasteiger partial charge in [0, 0.05) is 41.6 Å². The molecule has 0 radical (unpaired) electrons. The van der Waals surface area contributed by atoms with Crippen molar-refractivity contribution in [1.29, 1.82) is 10.8 Å². The van der Waals surface area contributed by atoms with Crippen LogP contribution < -0.4 is 15.7 Å². The average molecular weight is 622 g/mol. The van der Waals surface area contributed by atoms with Crippen LogP contribution in [0.25, 0.3) is 22.3 Å². The lowest BCUT2D eigenvalue weighted by Crippen LogP contribution is -2.16. The molecule has 9 nitrogen and oxygen atoms in total. The molecule has 0 aliphatic heterocycles. The van der Waals surface area contributed by atoms with Crippen LogP contribution in [0.15, 0.2) is 84.6 Å². The number of benzene rings is 2. The SMILES string of the molecule is C/C=C(\C=N)C(=O)Nc1cccc(-n2nc(Nc3ccc(/C(C=N)=C/NPI)cc3)c3ccccc32)n1. The fourth-order valence-electron chi connectivity index (χ4n) is 3.61. The van der Waals surface area contributed by atoms with Crippen molar-refractivity contribution in [2.24, 2.45) is 0 Å². The summed E-state index contributed by atoms with van der Waals surface area (Å²) < 4.78 is 1.72. The van der Waals surface area contributed by atoms with Gasteiger partial charge in [-0.25, -0.2) is 9.67 Å². The van der Waals surface area contributed by atoms with E-state index in [0.29, 0.717) is 23.8 Å². The number of nitrogens with one attached hydrogen (secondary N) is 5. The highest BCUT2D eigenvalue weighted by Gasteiger charge is 2.14. The lowest BCUT2D eigenvalue weighted by molar-refractivity contribution is -0.112. The van der Waals surface area contributed by atoms with Crippen molar-refractivity contribution >= 4 is 80.6 Å². The summed E-state index contributed by atoms with van der Waals surface area (Å²) in [5, 5.41) is 30.0. The largest absolute Gasteiger partial charge is 0.364 e. The van der Waals surface area contributed by atoms with Gasteiger partial charge >= 0.3 is 0 Å². The zero-order valence-electron chi connectivity index (χ0n) is 19.8. The van der Waals surface area contributed by atoms with Crippen molar-refractivity contribution in [2.45, 2.75) is 6.92 Å². The highest BCUT2D eigenvalue weighted by Crippen LogP contribution is 2.28. The third-order valence-electron chi connectivity index (χ3n) is 5.43. The van der Waals surface area contributed by atoms with Crippen LogP contribution in [0.4, 0.5) is 17.3 Å². The van der Waals surface area contributed by atoms with E-state index in [1.165, 1.54) is 6.21 Å². The van der Waals surface area contributed by atoms with Gasteiger partial charge in [-0.2, -0.15) is 0 Å². The Morgan fingerprint density at radius 2 is 1.81 bits per heavy atom. The lowest BCUT2D eigenvalue weighted by atomic mass is 10.1. The fourth-order valence-corrected chi connectivity index (χ4v) is 4.29. The number of hydrogen-bond acceptors (Lipinski definition) is 7. The van der Waals surface area contributed by atoms with Gasteiger partial charge in [0.2, 0.25) is 0 Å². The predicted molar refractivity (Wildman–Crippen MR) is 162 cm³/mol. The summed E-state index contributed by atoms with van der Waals surface area (Å²) in [6.45, 7) is 1.70. The molecule has 2 aromatic heterocycles. The second-order valence-electron chi connectivity index (χ2n) is 7.69. The zero-order chi connectivity index (χ0) is 26.2. The van der Waals surface area contributed by atoms with Crippen LogP contribution in [-0.4, -0.2) is 33.1 Å². The normalized spacial score (nSPS) is 12.1. The Labute approximate surface area is 228 Å². The van der Waals surface area contributed by atoms with Crippen molar-refractivity contribution in [3.63, 3.8) is 0 Å². The Bertz CT molecular complexity index is 1510. The van der Waals surface area contributed by atoms with Crippen LogP contribution in [0.5, 0.6) is 0 Å². The molecule has 5 N–H and O–H groups in total. The molecule has 1 amide bonds. The average Bonchev–Trinajstić information content (AvgIpc) is 3.29. The van der Waals surface area contributed by atoms with Crippen LogP contribution in [0.2, 0.25) is 0 Å². The molecule has 2 aromatic carbocycles. The number of fused-ring (bicyclic) bond motifs is 1. The zero-order valence-corrected chi connectivity index (χ0v) is 22.9. The standard InChI is InChI=1S/C26H24IN8OP/c1-2-17(14-28)26(36)33-23-8-5-9-24(32-23)35-22-7-4-3-6-21(22)25(34-35)31-20-12-10-18(11-13-20)19(15-29)16-30-37-27/h2-16,28-30,37H,1H3,(H,31,34)(H,32,33,36)/b17-2+,19-16+,28-14?,29-15?. The van der Waals surface area contributed by atoms with E-state index in [-0.39, 0.29) is 5.57 Å². The fraction of sp³-hybridized carbons (Fsp3) is 0.0385. The van der Waals surface area contributed by atoms with Crippen LogP contribution in [-0.2, 0) is 4.79 Å². The van der Waals surface area contributed by atoms with Crippen molar-refractivity contribution in [3.8, 4) is 5.82 Å². The van der Waals surface area contributed by atoms with Gasteiger partial charge in [0.1, 0.15) is 5.82 Å². The van der Waals surface area contributed by atoms with E-state index in [4.69, 9.17) is 15.9 Å². The summed E-state index contributed by atoms with van der Waals surface area (Å²) in [5.41, 5.74) is 3.69. The van der Waals surface area contributed by atoms with Gasteiger partial charge in [-0.15, -0.1) is 5.10 Å². The number of halogens is 1. The maximum Gasteiger partial charge on any atom is 0.258 e. The molecule has 11 heteroatoms. The van der Waals surface area contributed by atoms with Gasteiger partial charge in [-0.05, 0) is 70.9 Å². The van der Waals surface area contributed by atoms with Crippen LogP contribution in [0.1, 0.15) is 12.5 Å². The lowest BCUT2D eigenvalue weighted by Gasteiger charge is -2.08. The maximum atomic E-state index is 12.4. The molecular formula is C26H24IN8OP. The molecule has 0 aliphatic carbocycles. The Kier molecular flexibility index (Phi) is 8.76. The molecule has 0 fully saturated rings. The molecule has 4 aromatic rings. The van der Waals surface area contributed by atoms with Crippen LogP contribution in [0.3, 0.4) is 0 Å². The first-order valence-corrected chi connectivity index (χ1v) is 15.3. The minimum atomic E-state index is -0.398. The molecule has 186 valence electrons. The number of allylic oxidation sites excluding steroid dienone is 2. The topological polar surface area (TPSA) is 132 Å². The maximum absolute atomic E-state index is 12.4. The minimum absolute atomic E-state index is 0.249. The van der Waals surface area contributed by atoms with Gasteiger partial charge in [0.15, 0.2) is 11.6 Å². The summed E-state index contributed by atoms with van der Waals surface area (Å²) in [4.78, 5) is 16.9.